The molecule has 0 aliphatic carbocycles. The number of thioether (sulfide) groups is 1. The summed E-state index contributed by atoms with van der Waals surface area (Å²) in [5.74, 6) is 0. The van der Waals surface area contributed by atoms with Gasteiger partial charge >= 0.3 is 0 Å². The van der Waals surface area contributed by atoms with E-state index in [4.69, 9.17) is 5.73 Å². The molecule has 0 radical (unpaired) electrons. The van der Waals surface area contributed by atoms with E-state index in [0.717, 1.165) is 0 Å². The lowest BCUT2D eigenvalue weighted by atomic mass is 10.4. The van der Waals surface area contributed by atoms with Crippen molar-refractivity contribution in [2.45, 2.75) is 24.6 Å². The third-order valence-corrected chi connectivity index (χ3v) is 4.09. The first-order valence-electron chi connectivity index (χ1n) is 5.22. The van der Waals surface area contributed by atoms with Crippen LogP contribution in [0.4, 0.5) is 0 Å². The van der Waals surface area contributed by atoms with Gasteiger partial charge in [0.15, 0.2) is 0 Å². The minimum atomic E-state index is 0.628. The molecule has 86 valence electrons. The van der Waals surface area contributed by atoms with Crippen molar-refractivity contribution in [3.63, 3.8) is 0 Å². The normalized spacial score (nSPS) is 13.1. The van der Waals surface area contributed by atoms with Gasteiger partial charge in [-0.3, -0.25) is 0 Å². The van der Waals surface area contributed by atoms with Gasteiger partial charge in [0.05, 0.1) is 4.21 Å². The Bertz CT molecular complexity index is 400. The lowest BCUT2D eigenvalue weighted by Crippen LogP contribution is -1.90. The molecule has 0 saturated heterocycles. The highest BCUT2D eigenvalue weighted by Gasteiger charge is 2.01. The minimum Gasteiger partial charge on any atom is -0.326 e. The first-order chi connectivity index (χ1) is 7.80. The standard InChI is InChI=1S/C13H17NS2/c1-3-5-7-11(6-4-2)15-13-9-8-12(10-14)16-13/h3-9H,10,14H2,1-2H3/b5-3-,6-4-,11-7+. The average Bonchev–Trinajstić information content (AvgIpc) is 2.74. The van der Waals surface area contributed by atoms with Crippen molar-refractivity contribution in [1.82, 2.24) is 0 Å². The number of rotatable bonds is 5. The van der Waals surface area contributed by atoms with E-state index >= 15 is 0 Å². The van der Waals surface area contributed by atoms with Gasteiger partial charge in [0, 0.05) is 16.3 Å². The summed E-state index contributed by atoms with van der Waals surface area (Å²) in [7, 11) is 0. The number of allylic oxidation sites excluding steroid dienone is 5. The van der Waals surface area contributed by atoms with Crippen LogP contribution in [0.15, 0.2) is 51.6 Å². The van der Waals surface area contributed by atoms with Crippen molar-refractivity contribution in [3.05, 3.63) is 52.3 Å². The highest BCUT2D eigenvalue weighted by Crippen LogP contribution is 2.33. The van der Waals surface area contributed by atoms with Crippen LogP contribution in [0, 0.1) is 0 Å². The topological polar surface area (TPSA) is 26.0 Å². The Labute approximate surface area is 106 Å². The van der Waals surface area contributed by atoms with Gasteiger partial charge in [0.2, 0.25) is 0 Å². The predicted molar refractivity (Wildman–Crippen MR) is 75.8 cm³/mol. The fraction of sp³-hybridized carbons (Fsp3) is 0.231. The predicted octanol–water partition coefficient (Wildman–Crippen LogP) is 4.34. The fourth-order valence-corrected chi connectivity index (χ4v) is 3.23. The molecule has 0 atom stereocenters. The zero-order valence-electron chi connectivity index (χ0n) is 9.64. The van der Waals surface area contributed by atoms with Crippen LogP contribution in [0.2, 0.25) is 0 Å². The first-order valence-corrected chi connectivity index (χ1v) is 6.85. The minimum absolute atomic E-state index is 0.628. The molecular formula is C13H17NS2. The van der Waals surface area contributed by atoms with Crippen molar-refractivity contribution in [2.75, 3.05) is 0 Å². The third-order valence-electron chi connectivity index (χ3n) is 1.84. The largest absolute Gasteiger partial charge is 0.326 e. The second-order valence-corrected chi connectivity index (χ2v) is 5.66. The molecule has 1 rings (SSSR count). The molecule has 2 N–H and O–H groups in total. The van der Waals surface area contributed by atoms with Crippen molar-refractivity contribution in [1.29, 1.82) is 0 Å². The monoisotopic (exact) mass is 251 g/mol. The maximum Gasteiger partial charge on any atom is 0.0649 e. The Morgan fingerprint density at radius 3 is 2.75 bits per heavy atom. The van der Waals surface area contributed by atoms with E-state index in [-0.39, 0.29) is 0 Å². The average molecular weight is 251 g/mol. The van der Waals surface area contributed by atoms with Crippen LogP contribution < -0.4 is 5.73 Å². The molecule has 3 heteroatoms. The first kappa shape index (κ1) is 13.3. The SMILES string of the molecule is C\C=C/C=C(\C=C/C)Sc1ccc(CN)s1. The summed E-state index contributed by atoms with van der Waals surface area (Å²) >= 11 is 3.54. The molecule has 1 nitrogen and oxygen atoms in total. The highest BCUT2D eigenvalue weighted by atomic mass is 32.2. The van der Waals surface area contributed by atoms with Gasteiger partial charge in [0.25, 0.3) is 0 Å². The van der Waals surface area contributed by atoms with Gasteiger partial charge in [-0.1, -0.05) is 36.1 Å². The molecule has 0 unspecified atom stereocenters. The van der Waals surface area contributed by atoms with Crippen LogP contribution in [0.25, 0.3) is 0 Å². The van der Waals surface area contributed by atoms with Crippen molar-refractivity contribution >= 4 is 23.1 Å². The Morgan fingerprint density at radius 1 is 1.38 bits per heavy atom. The summed E-state index contributed by atoms with van der Waals surface area (Å²) in [6, 6.07) is 4.22. The van der Waals surface area contributed by atoms with Crippen molar-refractivity contribution < 1.29 is 0 Å². The van der Waals surface area contributed by atoms with Crippen LogP contribution in [-0.2, 0) is 6.54 Å². The summed E-state index contributed by atoms with van der Waals surface area (Å²) in [5, 5.41) is 0. The van der Waals surface area contributed by atoms with Crippen LogP contribution in [0.5, 0.6) is 0 Å². The van der Waals surface area contributed by atoms with E-state index in [1.165, 1.54) is 14.0 Å². The summed E-state index contributed by atoms with van der Waals surface area (Å²) in [6.07, 6.45) is 10.4. The molecule has 0 bridgehead atoms. The molecule has 0 aromatic carbocycles. The van der Waals surface area contributed by atoms with Crippen molar-refractivity contribution in [2.24, 2.45) is 5.73 Å². The molecular weight excluding hydrogens is 234 g/mol. The second-order valence-electron chi connectivity index (χ2n) is 3.12. The third kappa shape index (κ3) is 4.39. The molecule has 16 heavy (non-hydrogen) atoms. The zero-order valence-corrected chi connectivity index (χ0v) is 11.3. The summed E-state index contributed by atoms with van der Waals surface area (Å²) in [4.78, 5) is 2.47. The van der Waals surface area contributed by atoms with Crippen LogP contribution in [-0.4, -0.2) is 0 Å². The Kier molecular flexibility index (Phi) is 6.23. The Morgan fingerprint density at radius 2 is 2.19 bits per heavy atom. The smallest absolute Gasteiger partial charge is 0.0649 e. The summed E-state index contributed by atoms with van der Waals surface area (Å²) in [6.45, 7) is 4.68. The Hall–Kier alpha value is -0.770. The van der Waals surface area contributed by atoms with Gasteiger partial charge in [-0.15, -0.1) is 11.3 Å². The van der Waals surface area contributed by atoms with Crippen molar-refractivity contribution in [3.8, 4) is 0 Å². The molecule has 0 saturated carbocycles. The van der Waals surface area contributed by atoms with E-state index in [1.54, 1.807) is 23.1 Å². The lowest BCUT2D eigenvalue weighted by Gasteiger charge is -1.97. The molecule has 0 amide bonds. The fourth-order valence-electron chi connectivity index (χ4n) is 1.12. The summed E-state index contributed by atoms with van der Waals surface area (Å²) < 4.78 is 1.29. The van der Waals surface area contributed by atoms with Gasteiger partial charge < -0.3 is 5.73 Å². The van der Waals surface area contributed by atoms with Gasteiger partial charge in [-0.05, 0) is 32.1 Å². The van der Waals surface area contributed by atoms with Crippen LogP contribution >= 0.6 is 23.1 Å². The van der Waals surface area contributed by atoms with Gasteiger partial charge in [-0.2, -0.15) is 0 Å². The maximum absolute atomic E-state index is 5.59. The number of nitrogens with two attached hydrogens (primary N) is 1. The molecule has 0 aliphatic rings. The van der Waals surface area contributed by atoms with E-state index in [2.05, 4.69) is 36.4 Å². The zero-order chi connectivity index (χ0) is 11.8. The number of hydrogen-bond donors (Lipinski definition) is 1. The van der Waals surface area contributed by atoms with Crippen LogP contribution in [0.3, 0.4) is 0 Å². The van der Waals surface area contributed by atoms with Gasteiger partial charge in [-0.25, -0.2) is 0 Å². The Balaban J connectivity index is 2.75. The molecule has 0 spiro atoms. The van der Waals surface area contributed by atoms with E-state index in [9.17, 15) is 0 Å². The van der Waals surface area contributed by atoms with E-state index < -0.39 is 0 Å². The van der Waals surface area contributed by atoms with E-state index in [0.29, 0.717) is 6.54 Å². The van der Waals surface area contributed by atoms with Gasteiger partial charge in [0.1, 0.15) is 0 Å². The molecule has 0 fully saturated rings. The molecule has 0 aliphatic heterocycles. The van der Waals surface area contributed by atoms with E-state index in [1.807, 2.05) is 19.9 Å². The summed E-state index contributed by atoms with van der Waals surface area (Å²) in [5.41, 5.74) is 5.59. The molecule has 1 heterocycles. The van der Waals surface area contributed by atoms with Crippen LogP contribution in [0.1, 0.15) is 18.7 Å². The maximum atomic E-state index is 5.59. The lowest BCUT2D eigenvalue weighted by molar-refractivity contribution is 1.11. The number of hydrogen-bond acceptors (Lipinski definition) is 3. The molecule has 1 aromatic heterocycles. The highest BCUT2D eigenvalue weighted by molar-refractivity contribution is 8.05. The quantitative estimate of drug-likeness (QED) is 0.622. The second kappa shape index (κ2) is 7.49. The molecule has 1 aromatic rings. The number of thiophene rings is 1.